The zero-order chi connectivity index (χ0) is 22.4. The summed E-state index contributed by atoms with van der Waals surface area (Å²) < 4.78 is 27.7. The molecule has 1 saturated carbocycles. The molecule has 1 aliphatic heterocycles. The lowest BCUT2D eigenvalue weighted by Gasteiger charge is -2.27. The Morgan fingerprint density at radius 1 is 1.03 bits per heavy atom. The van der Waals surface area contributed by atoms with Crippen LogP contribution in [0.4, 0.5) is 5.69 Å². The zero-order valence-electron chi connectivity index (χ0n) is 18.4. The van der Waals surface area contributed by atoms with Crippen molar-refractivity contribution in [3.8, 4) is 0 Å². The monoisotopic (exact) mass is 450 g/mol. The van der Waals surface area contributed by atoms with Crippen molar-refractivity contribution in [2.75, 3.05) is 18.4 Å². The Labute approximate surface area is 185 Å². The molecule has 0 aromatic heterocycles. The molecule has 2 amide bonds. The lowest BCUT2D eigenvalue weighted by Crippen LogP contribution is -2.49. The molecule has 3 rings (SSSR count). The lowest BCUT2D eigenvalue weighted by atomic mass is 10.1. The molecule has 2 fully saturated rings. The minimum absolute atomic E-state index is 0.0432. The second-order valence-electron chi connectivity index (χ2n) is 8.68. The van der Waals surface area contributed by atoms with Gasteiger partial charge in [0.2, 0.25) is 21.8 Å². The highest BCUT2D eigenvalue weighted by atomic mass is 32.2. The van der Waals surface area contributed by atoms with Crippen molar-refractivity contribution in [2.45, 2.75) is 81.8 Å². The van der Waals surface area contributed by atoms with Gasteiger partial charge in [0.05, 0.1) is 10.9 Å². The van der Waals surface area contributed by atoms with Crippen LogP contribution < -0.4 is 15.4 Å². The van der Waals surface area contributed by atoms with Gasteiger partial charge in [-0.05, 0) is 50.5 Å². The Hall–Kier alpha value is -1.97. The van der Waals surface area contributed by atoms with E-state index in [1.54, 1.807) is 6.92 Å². The maximum Gasteiger partial charge on any atom is 0.241 e. The van der Waals surface area contributed by atoms with Crippen LogP contribution >= 0.6 is 0 Å². The number of nitrogens with one attached hydrogen (secondary N) is 3. The van der Waals surface area contributed by atoms with E-state index in [2.05, 4.69) is 20.3 Å². The molecule has 1 heterocycles. The average molecular weight is 451 g/mol. The highest BCUT2D eigenvalue weighted by Gasteiger charge is 2.31. The molecule has 1 aromatic carbocycles. The topological polar surface area (TPSA) is 108 Å². The third kappa shape index (κ3) is 6.75. The molecule has 0 spiro atoms. The third-order valence-electron chi connectivity index (χ3n) is 6.12. The van der Waals surface area contributed by atoms with Gasteiger partial charge in [-0.2, -0.15) is 4.72 Å². The number of hydrogen-bond donors (Lipinski definition) is 3. The number of rotatable bonds is 7. The maximum atomic E-state index is 12.6. The van der Waals surface area contributed by atoms with Crippen LogP contribution in [-0.2, 0) is 19.6 Å². The van der Waals surface area contributed by atoms with Crippen molar-refractivity contribution < 1.29 is 18.0 Å². The summed E-state index contributed by atoms with van der Waals surface area (Å²) in [5.41, 5.74) is 0.511. The Balaban J connectivity index is 1.51. The Morgan fingerprint density at radius 2 is 1.68 bits per heavy atom. The molecular weight excluding hydrogens is 416 g/mol. The van der Waals surface area contributed by atoms with Crippen molar-refractivity contribution in [3.63, 3.8) is 0 Å². The van der Waals surface area contributed by atoms with E-state index in [1.807, 2.05) is 0 Å². The van der Waals surface area contributed by atoms with E-state index in [0.717, 1.165) is 19.5 Å². The summed E-state index contributed by atoms with van der Waals surface area (Å²) in [6.07, 6.45) is 8.56. The summed E-state index contributed by atoms with van der Waals surface area (Å²) >= 11 is 0. The normalized spacial score (nSPS) is 21.9. The van der Waals surface area contributed by atoms with E-state index in [-0.39, 0.29) is 22.8 Å². The van der Waals surface area contributed by atoms with Crippen LogP contribution in [0.2, 0.25) is 0 Å². The fourth-order valence-corrected chi connectivity index (χ4v) is 5.66. The summed E-state index contributed by atoms with van der Waals surface area (Å²) in [5, 5.41) is 5.60. The fraction of sp³-hybridized carbons (Fsp3) is 0.636. The lowest BCUT2D eigenvalue weighted by molar-refractivity contribution is -0.123. The minimum atomic E-state index is -3.85. The molecule has 8 nitrogen and oxygen atoms in total. The average Bonchev–Trinajstić information content (AvgIpc) is 3.00. The molecular formula is C22H34N4O4S. The summed E-state index contributed by atoms with van der Waals surface area (Å²) in [6, 6.07) is 5.62. The summed E-state index contributed by atoms with van der Waals surface area (Å²) in [5.74, 6) is -0.547. The van der Waals surface area contributed by atoms with Crippen molar-refractivity contribution >= 4 is 27.5 Å². The minimum Gasteiger partial charge on any atom is -0.351 e. The van der Waals surface area contributed by atoms with Crippen LogP contribution in [0, 0.1) is 0 Å². The van der Waals surface area contributed by atoms with E-state index in [1.165, 1.54) is 69.7 Å². The van der Waals surface area contributed by atoms with E-state index in [9.17, 15) is 18.0 Å². The second kappa shape index (κ2) is 10.6. The second-order valence-corrected chi connectivity index (χ2v) is 10.4. The molecule has 3 N–H and O–H groups in total. The number of carbonyl (C=O) groups excluding carboxylic acids is 2. The largest absolute Gasteiger partial charge is 0.351 e. The standard InChI is InChI=1S/C22H34N4O4S/c1-16(25-31(29,30)21-11-9-18(10-12-21)23-17(2)27)22(28)24-19-13-14-26(15-19)20-7-5-3-4-6-8-20/h9-12,16,19-20,25H,3-8,13-15H2,1-2H3,(H,23,27)(H,24,28)/t16-,19?/m0/s1. The summed E-state index contributed by atoms with van der Waals surface area (Å²) in [6.45, 7) is 4.75. The molecule has 1 aromatic rings. The zero-order valence-corrected chi connectivity index (χ0v) is 19.2. The van der Waals surface area contributed by atoms with Gasteiger partial charge in [0.25, 0.3) is 0 Å². The number of carbonyl (C=O) groups is 2. The molecule has 1 aliphatic carbocycles. The number of nitrogens with zero attached hydrogens (tertiary/aromatic N) is 1. The number of likely N-dealkylation sites (tertiary alicyclic amines) is 1. The first kappa shape index (κ1) is 23.7. The van der Waals surface area contributed by atoms with Crippen LogP contribution in [0.5, 0.6) is 0 Å². The molecule has 1 unspecified atom stereocenters. The molecule has 1 saturated heterocycles. The van der Waals surface area contributed by atoms with Crippen molar-refractivity contribution in [1.82, 2.24) is 14.9 Å². The van der Waals surface area contributed by atoms with Gasteiger partial charge in [0.15, 0.2) is 0 Å². The van der Waals surface area contributed by atoms with Gasteiger partial charge in [0, 0.05) is 37.8 Å². The van der Waals surface area contributed by atoms with Gasteiger partial charge >= 0.3 is 0 Å². The molecule has 0 radical (unpaired) electrons. The van der Waals surface area contributed by atoms with Gasteiger partial charge in [-0.1, -0.05) is 25.7 Å². The summed E-state index contributed by atoms with van der Waals surface area (Å²) in [7, 11) is -3.85. The predicted octanol–water partition coefficient (Wildman–Crippen LogP) is 2.23. The number of hydrogen-bond acceptors (Lipinski definition) is 5. The molecule has 2 aliphatic rings. The van der Waals surface area contributed by atoms with Crippen LogP contribution in [0.15, 0.2) is 29.2 Å². The molecule has 9 heteroatoms. The van der Waals surface area contributed by atoms with Crippen LogP contribution in [0.25, 0.3) is 0 Å². The molecule has 0 bridgehead atoms. The predicted molar refractivity (Wildman–Crippen MR) is 120 cm³/mol. The first-order chi connectivity index (χ1) is 14.7. The van der Waals surface area contributed by atoms with Gasteiger partial charge in [-0.3, -0.25) is 14.5 Å². The van der Waals surface area contributed by atoms with E-state index < -0.39 is 16.1 Å². The molecule has 172 valence electrons. The highest BCUT2D eigenvalue weighted by Crippen LogP contribution is 2.25. The quantitative estimate of drug-likeness (QED) is 0.552. The van der Waals surface area contributed by atoms with Gasteiger partial charge in [0.1, 0.15) is 0 Å². The maximum absolute atomic E-state index is 12.6. The Bertz CT molecular complexity index is 864. The third-order valence-corrected chi connectivity index (χ3v) is 7.67. The van der Waals surface area contributed by atoms with Crippen LogP contribution in [0.3, 0.4) is 0 Å². The van der Waals surface area contributed by atoms with E-state index in [0.29, 0.717) is 11.7 Å². The number of benzene rings is 1. The number of sulfonamides is 1. The van der Waals surface area contributed by atoms with Crippen molar-refractivity contribution in [1.29, 1.82) is 0 Å². The molecule has 2 atom stereocenters. The first-order valence-electron chi connectivity index (χ1n) is 11.2. The Kier molecular flexibility index (Phi) is 8.07. The SMILES string of the molecule is CC(=O)Nc1ccc(S(=O)(=O)N[C@@H](C)C(=O)NC2CCN(C3CCCCCC3)C2)cc1. The van der Waals surface area contributed by atoms with E-state index >= 15 is 0 Å². The van der Waals surface area contributed by atoms with Crippen LogP contribution in [-0.4, -0.2) is 56.3 Å². The smallest absolute Gasteiger partial charge is 0.241 e. The van der Waals surface area contributed by atoms with Gasteiger partial charge in [-0.15, -0.1) is 0 Å². The van der Waals surface area contributed by atoms with Crippen molar-refractivity contribution in [2.24, 2.45) is 0 Å². The number of anilines is 1. The molecule has 31 heavy (non-hydrogen) atoms. The van der Waals surface area contributed by atoms with E-state index in [4.69, 9.17) is 0 Å². The summed E-state index contributed by atoms with van der Waals surface area (Å²) in [4.78, 5) is 26.2. The van der Waals surface area contributed by atoms with Gasteiger partial charge in [-0.25, -0.2) is 8.42 Å². The number of amides is 2. The van der Waals surface area contributed by atoms with Gasteiger partial charge < -0.3 is 10.6 Å². The fourth-order valence-electron chi connectivity index (χ4n) is 4.46. The Morgan fingerprint density at radius 3 is 2.29 bits per heavy atom. The van der Waals surface area contributed by atoms with Crippen molar-refractivity contribution in [3.05, 3.63) is 24.3 Å². The van der Waals surface area contributed by atoms with Crippen LogP contribution in [0.1, 0.15) is 58.8 Å². The highest BCUT2D eigenvalue weighted by molar-refractivity contribution is 7.89. The first-order valence-corrected chi connectivity index (χ1v) is 12.7.